The van der Waals surface area contributed by atoms with Gasteiger partial charge in [0.25, 0.3) is 0 Å². The van der Waals surface area contributed by atoms with Crippen molar-refractivity contribution in [3.8, 4) is 0 Å². The third kappa shape index (κ3) is 8.16. The Hall–Kier alpha value is -2.25. The molecule has 0 aromatic carbocycles. The third-order valence-corrected chi connectivity index (χ3v) is 29.2. The fourth-order valence-corrected chi connectivity index (χ4v) is 27.5. The number of imidazole rings is 1. The van der Waals surface area contributed by atoms with Crippen LogP contribution in [0, 0.1) is 86.3 Å². The second-order valence-corrected chi connectivity index (χ2v) is 32.2. The summed E-state index contributed by atoms with van der Waals surface area (Å²) in [5.74, 6) is -1.71. The number of aliphatic hydroxyl groups excluding tert-OH is 5. The molecule has 0 radical (unpaired) electrons. The first-order chi connectivity index (χ1) is 38.3. The molecule has 19 atom stereocenters. The van der Waals surface area contributed by atoms with Gasteiger partial charge in [-0.15, -0.1) is 0 Å². The van der Waals surface area contributed by atoms with Gasteiger partial charge in [-0.05, 0) is 199 Å². The topological polar surface area (TPSA) is 231 Å². The number of hydrogen-bond acceptors (Lipinski definition) is 13. The van der Waals surface area contributed by atoms with Gasteiger partial charge in [0.2, 0.25) is 0 Å². The molecule has 2 saturated heterocycles. The Bertz CT molecular complexity index is 2660. The van der Waals surface area contributed by atoms with E-state index in [1.165, 1.54) is 44.1 Å². The zero-order valence-corrected chi connectivity index (χ0v) is 50.3. The number of carbonyl (C=O) groups is 1. The van der Waals surface area contributed by atoms with Crippen LogP contribution in [0.4, 0.5) is 0 Å². The molecule has 442 valence electrons. The molecular weight excluding hydrogens is 1040 g/mol. The molecule has 2 aliphatic heterocycles. The Kier molecular flexibility index (Phi) is 14.7. The van der Waals surface area contributed by atoms with Gasteiger partial charge in [-0.1, -0.05) is 83.9 Å². The highest BCUT2D eigenvalue weighted by atomic mass is 33.1. The lowest BCUT2D eigenvalue weighted by atomic mass is 9.40. The van der Waals surface area contributed by atoms with Crippen molar-refractivity contribution in [1.82, 2.24) is 25.5 Å². The van der Waals surface area contributed by atoms with Gasteiger partial charge in [-0.25, -0.2) is 4.98 Å². The SMILES string of the molecule is CNCC1C(O)C(O)CC2(C)C3C(=CC(=O)C12)C1(O)C2CC(C4CC5CCCC6=C5C(C(=C5CCCC7(CCCC7)C65)C(C)(C)CC(n5ccnc5)CSSC25CCCC52CCNCC2)C4O)C1(CO)CC3CN=C(N)NC(C)O. The van der Waals surface area contributed by atoms with Gasteiger partial charge in [0.1, 0.15) is 6.23 Å². The molecule has 10 aliphatic carbocycles. The number of nitrogens with one attached hydrogen (secondary N) is 3. The molecule has 19 unspecified atom stereocenters. The van der Waals surface area contributed by atoms with Crippen molar-refractivity contribution in [3.63, 3.8) is 0 Å². The van der Waals surface area contributed by atoms with E-state index in [-0.39, 0.29) is 83.2 Å². The predicted octanol–water partition coefficient (Wildman–Crippen LogP) is 7.61. The van der Waals surface area contributed by atoms with Crippen molar-refractivity contribution in [1.29, 1.82) is 0 Å². The molecule has 14 nitrogen and oxygen atoms in total. The van der Waals surface area contributed by atoms with Gasteiger partial charge < -0.3 is 56.9 Å². The molecule has 3 heterocycles. The normalized spacial score (nSPS) is 45.9. The first kappa shape index (κ1) is 56.9. The molecular formula is C64H97N7O7S2. The lowest BCUT2D eigenvalue weighted by Crippen LogP contribution is -2.70. The number of guanidine groups is 1. The molecule has 80 heavy (non-hydrogen) atoms. The van der Waals surface area contributed by atoms with Gasteiger partial charge >= 0.3 is 0 Å². The highest BCUT2D eigenvalue weighted by Crippen LogP contribution is 2.79. The number of aliphatic hydroxyl groups is 6. The Balaban J connectivity index is 1.06. The number of hydrogen-bond donors (Lipinski definition) is 10. The second-order valence-electron chi connectivity index (χ2n) is 29.6. The number of allylic oxidation sites excluding steroid dienone is 3. The van der Waals surface area contributed by atoms with E-state index < -0.39 is 69.4 Å². The number of ketones is 1. The first-order valence-corrected chi connectivity index (χ1v) is 34.1. The van der Waals surface area contributed by atoms with E-state index in [1.807, 2.05) is 41.2 Å². The van der Waals surface area contributed by atoms with Crippen LogP contribution in [0.1, 0.15) is 162 Å². The van der Waals surface area contributed by atoms with Crippen molar-refractivity contribution in [3.05, 3.63) is 52.7 Å². The lowest BCUT2D eigenvalue weighted by Gasteiger charge is -2.66. The molecule has 13 rings (SSSR count). The first-order valence-electron chi connectivity index (χ1n) is 31.8. The molecule has 1 aromatic rings. The summed E-state index contributed by atoms with van der Waals surface area (Å²) >= 11 is 0. The molecule has 16 heteroatoms. The Morgan fingerprint density at radius 2 is 1.71 bits per heavy atom. The number of nitrogens with zero attached hydrogens (tertiary/aromatic N) is 3. The van der Waals surface area contributed by atoms with E-state index >= 15 is 9.90 Å². The molecule has 1 aromatic heterocycles. The molecule has 11 N–H and O–H groups in total. The fourth-order valence-electron chi connectivity index (χ4n) is 23.2. The second kappa shape index (κ2) is 20.7. The van der Waals surface area contributed by atoms with Crippen molar-refractivity contribution < 1.29 is 35.4 Å². The third-order valence-electron chi connectivity index (χ3n) is 25.6. The average Bonchev–Trinajstić information content (AvgIpc) is 1.62. The number of carbonyl (C=O) groups excluding carboxylic acids is 1. The average molecular weight is 1140 g/mol. The summed E-state index contributed by atoms with van der Waals surface area (Å²) in [5.41, 5.74) is 9.72. The van der Waals surface area contributed by atoms with E-state index in [0.29, 0.717) is 30.9 Å². The molecule has 7 saturated carbocycles. The van der Waals surface area contributed by atoms with Crippen molar-refractivity contribution in [2.45, 2.75) is 197 Å². The number of aromatic nitrogens is 2. The van der Waals surface area contributed by atoms with Crippen LogP contribution in [0.2, 0.25) is 0 Å². The largest absolute Gasteiger partial charge is 0.396 e. The minimum Gasteiger partial charge on any atom is -0.396 e. The number of fused-ring (bicyclic) bond motifs is 16. The minimum atomic E-state index is -1.70. The molecule has 12 aliphatic rings. The zero-order chi connectivity index (χ0) is 55.9. The number of piperidine rings is 1. The van der Waals surface area contributed by atoms with Crippen LogP contribution in [0.25, 0.3) is 0 Å². The van der Waals surface area contributed by atoms with Crippen LogP contribution < -0.4 is 21.7 Å². The summed E-state index contributed by atoms with van der Waals surface area (Å²) in [6.45, 7) is 10.7. The highest BCUT2D eigenvalue weighted by Gasteiger charge is 2.80. The van der Waals surface area contributed by atoms with Crippen LogP contribution in [0.3, 0.4) is 0 Å². The smallest absolute Gasteiger partial charge is 0.190 e. The Morgan fingerprint density at radius 3 is 2.44 bits per heavy atom. The number of aliphatic imine (C=N–C) groups is 1. The maximum absolute atomic E-state index is 15.8. The van der Waals surface area contributed by atoms with E-state index in [9.17, 15) is 25.5 Å². The van der Waals surface area contributed by atoms with Gasteiger partial charge in [-0.3, -0.25) is 9.79 Å². The fraction of sp³-hybridized carbons (Fsp3) is 0.828. The van der Waals surface area contributed by atoms with E-state index in [1.54, 1.807) is 29.7 Å². The van der Waals surface area contributed by atoms with Crippen LogP contribution in [0.5, 0.6) is 0 Å². The Morgan fingerprint density at radius 1 is 0.950 bits per heavy atom. The van der Waals surface area contributed by atoms with Gasteiger partial charge in [0.15, 0.2) is 11.7 Å². The van der Waals surface area contributed by atoms with Crippen molar-refractivity contribution in [2.24, 2.45) is 97.0 Å². The van der Waals surface area contributed by atoms with Crippen molar-refractivity contribution >= 4 is 33.3 Å². The van der Waals surface area contributed by atoms with Crippen LogP contribution in [-0.4, -0.2) is 132 Å². The molecule has 3 spiro atoms. The van der Waals surface area contributed by atoms with Crippen molar-refractivity contribution in [2.75, 3.05) is 45.6 Å². The van der Waals surface area contributed by atoms with E-state index in [2.05, 4.69) is 47.5 Å². The summed E-state index contributed by atoms with van der Waals surface area (Å²) < 4.78 is 1.89. The maximum atomic E-state index is 15.8. The van der Waals surface area contributed by atoms with Gasteiger partial charge in [-0.2, -0.15) is 0 Å². The van der Waals surface area contributed by atoms with Crippen LogP contribution in [0.15, 0.2) is 57.7 Å². The quantitative estimate of drug-likeness (QED) is 0.0417. The number of nitrogens with two attached hydrogens (primary N) is 1. The summed E-state index contributed by atoms with van der Waals surface area (Å²) in [7, 11) is 5.84. The van der Waals surface area contributed by atoms with Crippen LogP contribution >= 0.6 is 21.6 Å². The predicted molar refractivity (Wildman–Crippen MR) is 316 cm³/mol. The van der Waals surface area contributed by atoms with E-state index in [0.717, 1.165) is 89.5 Å². The zero-order valence-electron chi connectivity index (χ0n) is 48.7. The highest BCUT2D eigenvalue weighted by molar-refractivity contribution is 8.77. The number of rotatable bonds is 7. The van der Waals surface area contributed by atoms with Gasteiger partial charge in [0.05, 0.1) is 36.8 Å². The Labute approximate surface area is 484 Å². The summed E-state index contributed by atoms with van der Waals surface area (Å²) in [6, 6.07) is 0.112. The monoisotopic (exact) mass is 1140 g/mol. The standard InChI is InChI=1S/C64H97N7O7S2/c1-36(73)70-57(65)69-31-38-28-62(34-72)44-27-48(64(62,78)45-26-46(74)53-43(32-66-5)55(76)47(75)30-59(53,4)51(38)45)63(18-10-17-61(63)19-21-67-22-20-61)80-79-33-39(71-24-23-68-35-71)29-58(2,3)54-41-13-9-16-60(14-6-7-15-60)52(41)40-12-8-11-37-25-42(44)56(77)50(54)49(37)40/h23-24,26,35-39,42-44,47-48,50-53,55-56,66-67,72-73,75-78H,6-22,25,27-34H2,1-5H3,(H3,65,69,70). The lowest BCUT2D eigenvalue weighted by molar-refractivity contribution is -0.199. The summed E-state index contributed by atoms with van der Waals surface area (Å²) in [4.78, 5) is 25.5. The summed E-state index contributed by atoms with van der Waals surface area (Å²) in [5, 5.41) is 87.7. The minimum absolute atomic E-state index is 0.0905. The molecule has 4 bridgehead atoms. The molecule has 0 amide bonds. The maximum Gasteiger partial charge on any atom is 0.190 e. The van der Waals surface area contributed by atoms with E-state index in [4.69, 9.17) is 15.7 Å². The van der Waals surface area contributed by atoms with Gasteiger partial charge in [0, 0.05) is 77.0 Å². The molecule has 9 fully saturated rings. The van der Waals surface area contributed by atoms with Crippen LogP contribution in [-0.2, 0) is 4.79 Å². The summed E-state index contributed by atoms with van der Waals surface area (Å²) in [6.07, 6.45) is 23.8.